The zero-order valence-corrected chi connectivity index (χ0v) is 100.0. The van der Waals surface area contributed by atoms with E-state index < -0.39 is 128 Å². The summed E-state index contributed by atoms with van der Waals surface area (Å²) < 4.78 is 86.0. The van der Waals surface area contributed by atoms with Crippen LogP contribution in [0.5, 0.6) is 0 Å². The Morgan fingerprint density at radius 2 is 0.540 bits per heavy atom. The van der Waals surface area contributed by atoms with E-state index in [0.717, 1.165) is 340 Å². The molecule has 2 heterocycles. The number of ether oxygens (including phenoxy) is 12. The summed E-state index contributed by atoms with van der Waals surface area (Å²) in [6.07, 6.45) is 57.5. The van der Waals surface area contributed by atoms with Crippen LogP contribution in [-0.4, -0.2) is 135 Å². The van der Waals surface area contributed by atoms with Gasteiger partial charge in [0.2, 0.25) is 0 Å². The molecule has 20 heteroatoms. The van der Waals surface area contributed by atoms with Crippen LogP contribution < -0.4 is 0 Å². The molecule has 2 saturated heterocycles. The fourth-order valence-electron chi connectivity index (χ4n) is 27.2. The molecule has 874 valence electrons. The second kappa shape index (κ2) is 79.6. The van der Waals surface area contributed by atoms with Crippen LogP contribution in [0.2, 0.25) is 0 Å². The predicted octanol–water partition coefficient (Wildman–Crippen LogP) is 35.8. The third-order valence-corrected chi connectivity index (χ3v) is 36.6. The minimum Gasteiger partial charge on any atom is -0.463 e. The maximum absolute atomic E-state index is 15.8. The first-order valence-corrected chi connectivity index (χ1v) is 64.7. The molecule has 20 atom stereocenters. The zero-order valence-electron chi connectivity index (χ0n) is 100.0. The van der Waals surface area contributed by atoms with Gasteiger partial charge in [0.1, 0.15) is 31.5 Å². The molecule has 0 spiro atoms. The molecule has 2 aliphatic heterocycles. The minimum atomic E-state index is -1.84. The Hall–Kier alpha value is -4.40. The van der Waals surface area contributed by atoms with Crippen molar-refractivity contribution in [2.45, 2.75) is 711 Å². The highest BCUT2D eigenvalue weighted by molar-refractivity contribution is 5.73. The van der Waals surface area contributed by atoms with Crippen LogP contribution in [0.4, 0.5) is 0 Å². The first-order chi connectivity index (χ1) is 72.6. The summed E-state index contributed by atoms with van der Waals surface area (Å²) in [5.74, 6) is -2.13. The lowest BCUT2D eigenvalue weighted by Gasteiger charge is -2.71. The van der Waals surface area contributed by atoms with Gasteiger partial charge in [0.15, 0.2) is 49.2 Å². The molecule has 20 nitrogen and oxygen atoms in total. The summed E-state index contributed by atoms with van der Waals surface area (Å²) in [6, 6.07) is 0. The molecule has 0 bridgehead atoms. The molecule has 0 aromatic rings. The van der Waals surface area contributed by atoms with E-state index in [1.165, 1.54) is 83.5 Å². The molecular weight excluding hydrogens is 1880 g/mol. The highest BCUT2D eigenvalue weighted by Gasteiger charge is 2.72. The number of rotatable bonds is 91. The van der Waals surface area contributed by atoms with Gasteiger partial charge < -0.3 is 56.8 Å². The number of carbonyl (C=O) groups excluding carboxylic acids is 8. The predicted molar refractivity (Wildman–Crippen MR) is 608 cm³/mol. The molecule has 0 N–H and O–H groups in total. The lowest BCUT2D eigenvalue weighted by atomic mass is 9.35. The summed E-state index contributed by atoms with van der Waals surface area (Å²) in [5.41, 5.74) is -1.20. The molecule has 6 aliphatic rings. The Labute approximate surface area is 918 Å². The van der Waals surface area contributed by atoms with Crippen LogP contribution in [0.3, 0.4) is 0 Å². The van der Waals surface area contributed by atoms with Gasteiger partial charge in [-0.25, -0.2) is 0 Å². The average molecular weight is 2120 g/mol. The minimum absolute atomic E-state index is 0.0109. The van der Waals surface area contributed by atoms with Crippen molar-refractivity contribution >= 4 is 47.8 Å². The molecule has 4 saturated carbocycles. The summed E-state index contributed by atoms with van der Waals surface area (Å²) in [6.45, 7) is 36.4. The number of carbonyl (C=O) groups is 8. The molecule has 0 aromatic carbocycles. The standard InChI is InChI=1S/C130H234O20/c1-17-25-33-41-49-57-65-73-84-110(131)139-99-105-120(146-114(135)88-77-69-61-53-45-37-29-21-5)122(148-116(137)90-79-71-63-55-47-39-31-23-7)124(125(142-105)144-109-94-95-128(14)107(127(109,12)13)93-97-129(15)108(128)98-104(141-112(133)86-75-67-59-51-43-35-27-19-3)118-103(92-96-130(118,129)16)102(11)83-81-82-101(9)10)150-126-123(149-117(138)91-80-72-64-56-48-40-32-24-8)121(147-115(136)89-78-70-62-54-46-38-30-22-6)119(145-113(134)87-76-68-60-52-44-36-28-20-4)106(143-126)100-140-111(132)85-74-66-58-50-42-34-26-18-2/h101-109,118-126H,17-100H2,1-16H3/t102-,103-,104-,105-,106-,107+,108-,109+,118+,119-,120-,121+,122+,123-,124-,125+,126+,128+,129-,130-/m1/s1. The van der Waals surface area contributed by atoms with Gasteiger partial charge >= 0.3 is 47.8 Å². The van der Waals surface area contributed by atoms with Crippen molar-refractivity contribution in [1.82, 2.24) is 0 Å². The van der Waals surface area contributed by atoms with Crippen molar-refractivity contribution in [3.8, 4) is 0 Å². The van der Waals surface area contributed by atoms with E-state index in [4.69, 9.17) is 56.8 Å². The molecule has 0 radical (unpaired) electrons. The highest BCUT2D eigenvalue weighted by Crippen LogP contribution is 2.76. The highest BCUT2D eigenvalue weighted by atomic mass is 16.8. The van der Waals surface area contributed by atoms with E-state index in [0.29, 0.717) is 75.5 Å². The third kappa shape index (κ3) is 49.6. The monoisotopic (exact) mass is 2120 g/mol. The number of fused-ring (bicyclic) bond motifs is 5. The van der Waals surface area contributed by atoms with Gasteiger partial charge in [-0.2, -0.15) is 0 Å². The maximum Gasteiger partial charge on any atom is 0.306 e. The van der Waals surface area contributed by atoms with E-state index in [-0.39, 0.29) is 91.0 Å². The van der Waals surface area contributed by atoms with Crippen molar-refractivity contribution in [1.29, 1.82) is 0 Å². The fraction of sp³-hybridized carbons (Fsp3) is 0.938. The number of unbranched alkanes of at least 4 members (excludes halogenated alkanes) is 56. The van der Waals surface area contributed by atoms with Crippen molar-refractivity contribution in [3.63, 3.8) is 0 Å². The van der Waals surface area contributed by atoms with Crippen LogP contribution in [0.1, 0.15) is 637 Å². The van der Waals surface area contributed by atoms with E-state index in [1.807, 2.05) is 0 Å². The van der Waals surface area contributed by atoms with Gasteiger partial charge in [-0.05, 0) is 148 Å². The van der Waals surface area contributed by atoms with Gasteiger partial charge in [-0.1, -0.05) is 490 Å². The van der Waals surface area contributed by atoms with Gasteiger partial charge in [-0.15, -0.1) is 0 Å². The summed E-state index contributed by atoms with van der Waals surface area (Å²) in [7, 11) is 0. The number of esters is 8. The van der Waals surface area contributed by atoms with E-state index >= 15 is 24.0 Å². The van der Waals surface area contributed by atoms with Crippen LogP contribution in [-0.2, 0) is 95.2 Å². The van der Waals surface area contributed by atoms with Crippen molar-refractivity contribution in [2.24, 2.45) is 57.2 Å². The molecule has 150 heavy (non-hydrogen) atoms. The summed E-state index contributed by atoms with van der Waals surface area (Å²) in [4.78, 5) is 122. The zero-order chi connectivity index (χ0) is 109. The molecule has 4 aliphatic carbocycles. The molecular formula is C130H234O20. The second-order valence-electron chi connectivity index (χ2n) is 49.9. The lowest BCUT2D eigenvalue weighted by Crippen LogP contribution is -2.69. The topological polar surface area (TPSA) is 247 Å². The Kier molecular flexibility index (Phi) is 71.2. The van der Waals surface area contributed by atoms with E-state index in [9.17, 15) is 14.4 Å². The fourth-order valence-corrected chi connectivity index (χ4v) is 27.2. The third-order valence-electron chi connectivity index (χ3n) is 36.6. The van der Waals surface area contributed by atoms with Gasteiger partial charge in [0.25, 0.3) is 0 Å². The van der Waals surface area contributed by atoms with Crippen LogP contribution in [0.15, 0.2) is 0 Å². The molecule has 0 aromatic heterocycles. The largest absolute Gasteiger partial charge is 0.463 e. The van der Waals surface area contributed by atoms with Crippen molar-refractivity contribution in [3.05, 3.63) is 0 Å². The summed E-state index contributed by atoms with van der Waals surface area (Å²) in [5, 5.41) is 0. The van der Waals surface area contributed by atoms with E-state index in [2.05, 4.69) is 111 Å². The smallest absolute Gasteiger partial charge is 0.306 e. The van der Waals surface area contributed by atoms with E-state index in [1.54, 1.807) is 0 Å². The second-order valence-corrected chi connectivity index (χ2v) is 49.9. The average Bonchev–Trinajstić information content (AvgIpc) is 1.35. The van der Waals surface area contributed by atoms with Crippen molar-refractivity contribution < 1.29 is 95.2 Å². The quantitative estimate of drug-likeness (QED) is 0.0238. The SMILES string of the molecule is CCCCCCCCCCC(=O)OC[C@H]1O[C@@H](O[C@H]2[C@H](O[C@H]3CC[C@]4(C)[C@H]5C[C@@H](OC(=O)CCCCCCCCCC)[C@@H]6[C@@H]([C@H](C)CCCC(C)C)CC[C@@]6(C)[C@]5(C)CC[C@H]4C3(C)C)O[C@H](COC(=O)CCCCCCCCCC)[C@@H](OC(=O)CCCCCCCCCC)[C@@H]2OC(=O)CCCCCCCCCC)[C@H](OC(=O)CCCCCCCCCC)[C@@H](OC(=O)CCCCCCCCCC)[C@@H]1OC(=O)CCCCCCCCCC. The molecule has 6 fully saturated rings. The Morgan fingerprint density at radius 1 is 0.267 bits per heavy atom. The normalized spacial score (nSPS) is 26.1. The van der Waals surface area contributed by atoms with Crippen LogP contribution in [0.25, 0.3) is 0 Å². The van der Waals surface area contributed by atoms with Gasteiger partial charge in [0, 0.05) is 57.3 Å². The Bertz CT molecular complexity index is 3510. The summed E-state index contributed by atoms with van der Waals surface area (Å²) >= 11 is 0. The first kappa shape index (κ1) is 134. The van der Waals surface area contributed by atoms with Crippen molar-refractivity contribution in [2.75, 3.05) is 13.2 Å². The van der Waals surface area contributed by atoms with Gasteiger partial charge in [-0.3, -0.25) is 38.4 Å². The Morgan fingerprint density at radius 3 is 0.860 bits per heavy atom. The molecule has 0 unspecified atom stereocenters. The van der Waals surface area contributed by atoms with Crippen LogP contribution in [0, 0.1) is 57.2 Å². The molecule has 0 amide bonds. The number of hydrogen-bond donors (Lipinski definition) is 0. The maximum atomic E-state index is 15.8. The first-order valence-electron chi connectivity index (χ1n) is 64.7. The molecule has 6 rings (SSSR count). The number of hydrogen-bond acceptors (Lipinski definition) is 20. The lowest BCUT2D eigenvalue weighted by molar-refractivity contribution is -0.379. The van der Waals surface area contributed by atoms with Crippen LogP contribution >= 0.6 is 0 Å². The van der Waals surface area contributed by atoms with Gasteiger partial charge in [0.05, 0.1) is 6.10 Å². The Balaban J connectivity index is 1.62.